The molecule has 31 heavy (non-hydrogen) atoms. The molecule has 0 aliphatic carbocycles. The van der Waals surface area contributed by atoms with E-state index >= 15 is 0 Å². The molecule has 0 aromatic heterocycles. The molecule has 0 saturated carbocycles. The summed E-state index contributed by atoms with van der Waals surface area (Å²) in [5.74, 6) is 0.219. The third-order valence-corrected chi connectivity index (χ3v) is 4.94. The number of fused-ring (bicyclic) bond motifs is 1. The molecule has 7 nitrogen and oxygen atoms in total. The van der Waals surface area contributed by atoms with Gasteiger partial charge in [0.05, 0.1) is 13.0 Å². The standard InChI is InChI=1S/C23H28FN5O2/c1-2-25-23(27-12-11-26-21(30)13-16-7-9-18(24)10-8-16)28-15-17-14-22(31)29-20-6-4-3-5-19(17)20/h3-10,17H,2,11-15H2,1H3,(H,26,30)(H,29,31)(H2,25,27,28). The van der Waals surface area contributed by atoms with E-state index in [1.807, 2.05) is 31.2 Å². The first-order valence-electron chi connectivity index (χ1n) is 10.5. The molecule has 0 spiro atoms. The fourth-order valence-corrected chi connectivity index (χ4v) is 3.44. The average molecular weight is 426 g/mol. The van der Waals surface area contributed by atoms with Crippen LogP contribution < -0.4 is 21.3 Å². The highest BCUT2D eigenvalue weighted by Crippen LogP contribution is 2.31. The number of nitrogens with zero attached hydrogens (tertiary/aromatic N) is 1. The Hall–Kier alpha value is -3.42. The lowest BCUT2D eigenvalue weighted by Crippen LogP contribution is -2.42. The summed E-state index contributed by atoms with van der Waals surface area (Å²) < 4.78 is 12.9. The number of hydrogen-bond donors (Lipinski definition) is 4. The number of halogens is 1. The average Bonchev–Trinajstić information content (AvgIpc) is 2.76. The maximum atomic E-state index is 12.9. The monoisotopic (exact) mass is 425 g/mol. The minimum atomic E-state index is -0.319. The van der Waals surface area contributed by atoms with Crippen molar-refractivity contribution < 1.29 is 14.0 Å². The smallest absolute Gasteiger partial charge is 0.225 e. The minimum Gasteiger partial charge on any atom is -0.357 e. The Kier molecular flexibility index (Phi) is 7.98. The van der Waals surface area contributed by atoms with E-state index in [1.54, 1.807) is 12.1 Å². The van der Waals surface area contributed by atoms with Gasteiger partial charge in [-0.1, -0.05) is 30.3 Å². The molecule has 1 unspecified atom stereocenters. The Morgan fingerprint density at radius 1 is 1.10 bits per heavy atom. The van der Waals surface area contributed by atoms with Crippen molar-refractivity contribution in [3.8, 4) is 0 Å². The maximum Gasteiger partial charge on any atom is 0.225 e. The molecule has 2 amide bonds. The first kappa shape index (κ1) is 22.3. The van der Waals surface area contributed by atoms with E-state index in [9.17, 15) is 14.0 Å². The van der Waals surface area contributed by atoms with Crippen LogP contribution in [0.2, 0.25) is 0 Å². The molecule has 4 N–H and O–H groups in total. The largest absolute Gasteiger partial charge is 0.357 e. The molecule has 0 radical (unpaired) electrons. The number of nitrogens with one attached hydrogen (secondary N) is 4. The zero-order valence-electron chi connectivity index (χ0n) is 17.6. The fraction of sp³-hybridized carbons (Fsp3) is 0.348. The van der Waals surface area contributed by atoms with Gasteiger partial charge >= 0.3 is 0 Å². The summed E-state index contributed by atoms with van der Waals surface area (Å²) in [5, 5.41) is 12.1. The van der Waals surface area contributed by atoms with Gasteiger partial charge in [-0.2, -0.15) is 0 Å². The molecule has 164 valence electrons. The SMILES string of the molecule is CCNC(=NCC1CC(=O)Nc2ccccc21)NCCNC(=O)Cc1ccc(F)cc1. The van der Waals surface area contributed by atoms with Crippen LogP contribution in [0.4, 0.5) is 10.1 Å². The summed E-state index contributed by atoms with van der Waals surface area (Å²) in [6.45, 7) is 4.09. The normalized spacial score (nSPS) is 15.6. The number of para-hydroxylation sites is 1. The second-order valence-electron chi connectivity index (χ2n) is 7.34. The Labute approximate surface area is 181 Å². The molecule has 0 saturated heterocycles. The second-order valence-corrected chi connectivity index (χ2v) is 7.34. The number of guanidine groups is 1. The lowest BCUT2D eigenvalue weighted by Gasteiger charge is -2.24. The van der Waals surface area contributed by atoms with Gasteiger partial charge in [0.1, 0.15) is 5.82 Å². The van der Waals surface area contributed by atoms with E-state index in [4.69, 9.17) is 0 Å². The van der Waals surface area contributed by atoms with E-state index in [0.717, 1.165) is 16.8 Å². The molecule has 0 fully saturated rings. The van der Waals surface area contributed by atoms with Crippen LogP contribution in [0.25, 0.3) is 0 Å². The van der Waals surface area contributed by atoms with Crippen molar-refractivity contribution in [3.63, 3.8) is 0 Å². The van der Waals surface area contributed by atoms with Crippen LogP contribution in [-0.4, -0.2) is 44.0 Å². The highest BCUT2D eigenvalue weighted by molar-refractivity contribution is 5.94. The fourth-order valence-electron chi connectivity index (χ4n) is 3.44. The number of rotatable bonds is 8. The molecule has 2 aromatic rings. The predicted octanol–water partition coefficient (Wildman–Crippen LogP) is 2.17. The maximum absolute atomic E-state index is 12.9. The number of benzene rings is 2. The van der Waals surface area contributed by atoms with Crippen molar-refractivity contribution in [3.05, 3.63) is 65.5 Å². The van der Waals surface area contributed by atoms with E-state index in [2.05, 4.69) is 26.3 Å². The number of amides is 2. The van der Waals surface area contributed by atoms with Crippen molar-refractivity contribution in [2.45, 2.75) is 25.7 Å². The van der Waals surface area contributed by atoms with Crippen LogP contribution in [0.1, 0.15) is 30.4 Å². The van der Waals surface area contributed by atoms with Gasteiger partial charge in [-0.05, 0) is 36.2 Å². The van der Waals surface area contributed by atoms with Crippen LogP contribution >= 0.6 is 0 Å². The summed E-state index contributed by atoms with van der Waals surface area (Å²) in [6, 6.07) is 13.7. The molecule has 3 rings (SSSR count). The summed E-state index contributed by atoms with van der Waals surface area (Å²) in [5.41, 5.74) is 2.70. The number of carbonyl (C=O) groups excluding carboxylic acids is 2. The van der Waals surface area contributed by atoms with Crippen LogP contribution in [0.3, 0.4) is 0 Å². The Bertz CT molecular complexity index is 930. The van der Waals surface area contributed by atoms with Crippen LogP contribution in [-0.2, 0) is 16.0 Å². The van der Waals surface area contributed by atoms with Crippen molar-refractivity contribution in [1.82, 2.24) is 16.0 Å². The Balaban J connectivity index is 1.47. The van der Waals surface area contributed by atoms with Crippen LogP contribution in [0.15, 0.2) is 53.5 Å². The van der Waals surface area contributed by atoms with Crippen molar-refractivity contribution in [2.75, 3.05) is 31.5 Å². The molecular formula is C23H28FN5O2. The first-order valence-corrected chi connectivity index (χ1v) is 10.5. The van der Waals surface area contributed by atoms with Gasteiger partial charge in [0, 0.05) is 37.7 Å². The Morgan fingerprint density at radius 2 is 1.84 bits per heavy atom. The van der Waals surface area contributed by atoms with Crippen molar-refractivity contribution in [1.29, 1.82) is 0 Å². The van der Waals surface area contributed by atoms with E-state index in [-0.39, 0.29) is 30.0 Å². The van der Waals surface area contributed by atoms with Gasteiger partial charge in [0.2, 0.25) is 11.8 Å². The highest BCUT2D eigenvalue weighted by atomic mass is 19.1. The third kappa shape index (κ3) is 6.80. The van der Waals surface area contributed by atoms with E-state index in [0.29, 0.717) is 38.6 Å². The van der Waals surface area contributed by atoms with Gasteiger partial charge in [-0.3, -0.25) is 14.6 Å². The Morgan fingerprint density at radius 3 is 2.61 bits per heavy atom. The zero-order chi connectivity index (χ0) is 22.1. The number of anilines is 1. The molecule has 0 bridgehead atoms. The first-order chi connectivity index (χ1) is 15.0. The molecule has 8 heteroatoms. The number of aliphatic imine (C=N–C) groups is 1. The van der Waals surface area contributed by atoms with Crippen molar-refractivity contribution in [2.24, 2.45) is 4.99 Å². The number of carbonyl (C=O) groups is 2. The molecule has 1 atom stereocenters. The topological polar surface area (TPSA) is 94.6 Å². The molecule has 1 aliphatic rings. The predicted molar refractivity (Wildman–Crippen MR) is 120 cm³/mol. The minimum absolute atomic E-state index is 0.000673. The number of hydrogen-bond acceptors (Lipinski definition) is 3. The lowest BCUT2D eigenvalue weighted by molar-refractivity contribution is -0.120. The van der Waals surface area contributed by atoms with Crippen molar-refractivity contribution >= 4 is 23.5 Å². The second kappa shape index (κ2) is 11.1. The van der Waals surface area contributed by atoms with E-state index in [1.165, 1.54) is 12.1 Å². The van der Waals surface area contributed by atoms with Gasteiger partial charge in [-0.15, -0.1) is 0 Å². The summed E-state index contributed by atoms with van der Waals surface area (Å²) in [7, 11) is 0. The lowest BCUT2D eigenvalue weighted by atomic mass is 9.91. The van der Waals surface area contributed by atoms with Gasteiger partial charge in [0.25, 0.3) is 0 Å². The van der Waals surface area contributed by atoms with Gasteiger partial charge < -0.3 is 21.3 Å². The quantitative estimate of drug-likeness (QED) is 0.296. The van der Waals surface area contributed by atoms with Gasteiger partial charge in [-0.25, -0.2) is 4.39 Å². The van der Waals surface area contributed by atoms with E-state index < -0.39 is 0 Å². The highest BCUT2D eigenvalue weighted by Gasteiger charge is 2.24. The summed E-state index contributed by atoms with van der Waals surface area (Å²) in [6.07, 6.45) is 0.608. The zero-order valence-corrected chi connectivity index (χ0v) is 17.6. The van der Waals surface area contributed by atoms with Crippen LogP contribution in [0.5, 0.6) is 0 Å². The summed E-state index contributed by atoms with van der Waals surface area (Å²) in [4.78, 5) is 28.6. The molecule has 1 aliphatic heterocycles. The molecular weight excluding hydrogens is 397 g/mol. The molecule has 1 heterocycles. The summed E-state index contributed by atoms with van der Waals surface area (Å²) >= 11 is 0. The third-order valence-electron chi connectivity index (χ3n) is 4.94. The van der Waals surface area contributed by atoms with Gasteiger partial charge in [0.15, 0.2) is 5.96 Å². The molecule has 2 aromatic carbocycles. The van der Waals surface area contributed by atoms with Crippen LogP contribution in [0, 0.1) is 5.82 Å².